The smallest absolute Gasteiger partial charge is 0.231 e. The Balaban J connectivity index is 1.54. The zero-order valence-corrected chi connectivity index (χ0v) is 16.5. The van der Waals surface area contributed by atoms with E-state index in [1.165, 1.54) is 6.26 Å². The third-order valence-corrected chi connectivity index (χ3v) is 5.28. The normalized spacial score (nSPS) is 13.3. The third kappa shape index (κ3) is 4.95. The van der Waals surface area contributed by atoms with E-state index in [2.05, 4.69) is 15.8 Å². The van der Waals surface area contributed by atoms with Gasteiger partial charge in [0, 0.05) is 12.8 Å². The van der Waals surface area contributed by atoms with E-state index in [-0.39, 0.29) is 11.7 Å². The molecule has 1 aliphatic rings. The van der Waals surface area contributed by atoms with E-state index in [9.17, 15) is 8.42 Å². The second-order valence-electron chi connectivity index (χ2n) is 5.98. The number of nitrogens with zero attached hydrogens (tertiary/aromatic N) is 1. The Labute approximate surface area is 163 Å². The lowest BCUT2D eigenvalue weighted by Gasteiger charge is -2.09. The van der Waals surface area contributed by atoms with E-state index in [0.29, 0.717) is 17.4 Å². The molecule has 9 heteroatoms. The Bertz CT molecular complexity index is 986. The first-order chi connectivity index (χ1) is 12.8. The van der Waals surface area contributed by atoms with E-state index in [1.807, 2.05) is 25.1 Å². The molecule has 0 atom stereocenters. The molecule has 0 saturated carbocycles. The number of rotatable bonds is 5. The molecule has 0 unspecified atom stereocenters. The molecule has 2 aromatic carbocycles. The Morgan fingerprint density at radius 3 is 2.56 bits per heavy atom. The molecule has 2 N–H and O–H groups in total. The predicted molar refractivity (Wildman–Crippen MR) is 107 cm³/mol. The van der Waals surface area contributed by atoms with Crippen LogP contribution in [0, 0.1) is 0 Å². The molecule has 0 bridgehead atoms. The Morgan fingerprint density at radius 1 is 1.15 bits per heavy atom. The van der Waals surface area contributed by atoms with Gasteiger partial charge in [0.05, 0.1) is 10.6 Å². The zero-order valence-electron chi connectivity index (χ0n) is 14.9. The topological polar surface area (TPSA) is 89.0 Å². The molecule has 0 radical (unpaired) electrons. The van der Waals surface area contributed by atoms with Crippen LogP contribution in [0.4, 0.5) is 0 Å². The standard InChI is InChI=1S/C18H19N3O4S2/c1-12(14-4-6-15(7-5-14)27(2,22)23)20-21-18(26)19-10-13-3-8-16-17(9-13)25-11-24-16/h3-9H,10-11H2,1-2H3,(H2,19,21,26)/b20-12-. The van der Waals surface area contributed by atoms with Gasteiger partial charge in [-0.1, -0.05) is 18.2 Å². The maximum atomic E-state index is 11.5. The first kappa shape index (κ1) is 19.1. The largest absolute Gasteiger partial charge is 0.454 e. The van der Waals surface area contributed by atoms with Crippen molar-refractivity contribution >= 4 is 32.9 Å². The molecular weight excluding hydrogens is 386 g/mol. The van der Waals surface area contributed by atoms with Crippen LogP contribution in [0.5, 0.6) is 11.5 Å². The van der Waals surface area contributed by atoms with Gasteiger partial charge in [-0.3, -0.25) is 5.43 Å². The van der Waals surface area contributed by atoms with E-state index in [4.69, 9.17) is 21.7 Å². The molecule has 0 aliphatic carbocycles. The van der Waals surface area contributed by atoms with E-state index >= 15 is 0 Å². The van der Waals surface area contributed by atoms with E-state index in [1.54, 1.807) is 24.3 Å². The summed E-state index contributed by atoms with van der Waals surface area (Å²) in [5.74, 6) is 1.46. The van der Waals surface area contributed by atoms with Crippen molar-refractivity contribution in [2.24, 2.45) is 5.10 Å². The van der Waals surface area contributed by atoms with Crippen molar-refractivity contribution in [3.8, 4) is 11.5 Å². The fraction of sp³-hybridized carbons (Fsp3) is 0.222. The number of ether oxygens (including phenoxy) is 2. The van der Waals surface area contributed by atoms with Crippen LogP contribution in [0.1, 0.15) is 18.1 Å². The average Bonchev–Trinajstić information content (AvgIpc) is 3.11. The van der Waals surface area contributed by atoms with Crippen molar-refractivity contribution in [3.05, 3.63) is 53.6 Å². The van der Waals surface area contributed by atoms with E-state index in [0.717, 1.165) is 22.6 Å². The molecule has 142 valence electrons. The number of fused-ring (bicyclic) bond motifs is 1. The second-order valence-corrected chi connectivity index (χ2v) is 8.40. The van der Waals surface area contributed by atoms with Gasteiger partial charge in [-0.25, -0.2) is 8.42 Å². The van der Waals surface area contributed by atoms with Gasteiger partial charge in [-0.15, -0.1) is 0 Å². The number of nitrogens with one attached hydrogen (secondary N) is 2. The van der Waals surface area contributed by atoms with Crippen LogP contribution in [-0.2, 0) is 16.4 Å². The Morgan fingerprint density at radius 2 is 1.85 bits per heavy atom. The number of hydrogen-bond acceptors (Lipinski definition) is 6. The highest BCUT2D eigenvalue weighted by atomic mass is 32.2. The molecule has 27 heavy (non-hydrogen) atoms. The minimum Gasteiger partial charge on any atom is -0.454 e. The highest BCUT2D eigenvalue weighted by Gasteiger charge is 2.13. The summed E-state index contributed by atoms with van der Waals surface area (Å²) in [7, 11) is -3.21. The quantitative estimate of drug-likeness (QED) is 0.448. The van der Waals surface area contributed by atoms with Gasteiger partial charge in [-0.05, 0) is 54.5 Å². The SMILES string of the molecule is C/C(=N/NC(=S)NCc1ccc2c(c1)OCO2)c1ccc(S(C)(=O)=O)cc1. The number of sulfone groups is 1. The van der Waals surface area contributed by atoms with Crippen molar-refractivity contribution < 1.29 is 17.9 Å². The molecular formula is C18H19N3O4S2. The lowest BCUT2D eigenvalue weighted by atomic mass is 10.1. The van der Waals surface area contributed by atoms with Crippen molar-refractivity contribution in [3.63, 3.8) is 0 Å². The summed E-state index contributed by atoms with van der Waals surface area (Å²) in [4.78, 5) is 0.271. The highest BCUT2D eigenvalue weighted by molar-refractivity contribution is 7.90. The lowest BCUT2D eigenvalue weighted by Crippen LogP contribution is -2.32. The monoisotopic (exact) mass is 405 g/mol. The fourth-order valence-corrected chi connectivity index (χ4v) is 3.16. The number of benzene rings is 2. The van der Waals surface area contributed by atoms with Crippen molar-refractivity contribution in [2.45, 2.75) is 18.4 Å². The molecule has 7 nitrogen and oxygen atoms in total. The summed E-state index contributed by atoms with van der Waals surface area (Å²) in [6.45, 7) is 2.56. The van der Waals surface area contributed by atoms with E-state index < -0.39 is 9.84 Å². The second kappa shape index (κ2) is 7.93. The lowest BCUT2D eigenvalue weighted by molar-refractivity contribution is 0.174. The molecule has 2 aromatic rings. The summed E-state index contributed by atoms with van der Waals surface area (Å²) in [6, 6.07) is 12.2. The van der Waals surface area contributed by atoms with Crippen LogP contribution in [0.3, 0.4) is 0 Å². The van der Waals surface area contributed by atoms with Crippen molar-refractivity contribution in [1.82, 2.24) is 10.7 Å². The molecule has 0 spiro atoms. The minimum atomic E-state index is -3.21. The van der Waals surface area contributed by atoms with Crippen LogP contribution in [0.25, 0.3) is 0 Å². The molecule has 0 amide bonds. The summed E-state index contributed by atoms with van der Waals surface area (Å²) in [5.41, 5.74) is 5.27. The van der Waals surface area contributed by atoms with Crippen LogP contribution in [0.15, 0.2) is 52.5 Å². The van der Waals surface area contributed by atoms with Crippen LogP contribution >= 0.6 is 12.2 Å². The molecule has 0 aromatic heterocycles. The zero-order chi connectivity index (χ0) is 19.4. The third-order valence-electron chi connectivity index (χ3n) is 3.92. The van der Waals surface area contributed by atoms with Gasteiger partial charge < -0.3 is 14.8 Å². The molecule has 0 saturated heterocycles. The predicted octanol–water partition coefficient (Wildman–Crippen LogP) is 2.21. The fourth-order valence-electron chi connectivity index (χ4n) is 2.42. The van der Waals surface area contributed by atoms with Crippen molar-refractivity contribution in [2.75, 3.05) is 13.0 Å². The maximum absolute atomic E-state index is 11.5. The Hall–Kier alpha value is -2.65. The molecule has 3 rings (SSSR count). The first-order valence-corrected chi connectivity index (χ1v) is 10.4. The Kier molecular flexibility index (Phi) is 5.62. The molecule has 1 heterocycles. The minimum absolute atomic E-state index is 0.241. The molecule has 0 fully saturated rings. The van der Waals surface area contributed by atoms with Crippen LogP contribution < -0.4 is 20.2 Å². The van der Waals surface area contributed by atoms with Gasteiger partial charge in [0.25, 0.3) is 0 Å². The van der Waals surface area contributed by atoms with Gasteiger partial charge in [0.1, 0.15) is 0 Å². The maximum Gasteiger partial charge on any atom is 0.231 e. The van der Waals surface area contributed by atoms with Gasteiger partial charge >= 0.3 is 0 Å². The number of hydrazone groups is 1. The van der Waals surface area contributed by atoms with Crippen LogP contribution in [0.2, 0.25) is 0 Å². The molecule has 1 aliphatic heterocycles. The van der Waals surface area contributed by atoms with Gasteiger partial charge in [0.2, 0.25) is 6.79 Å². The summed E-state index contributed by atoms with van der Waals surface area (Å²) in [6.07, 6.45) is 1.18. The van der Waals surface area contributed by atoms with Crippen molar-refractivity contribution in [1.29, 1.82) is 0 Å². The summed E-state index contributed by atoms with van der Waals surface area (Å²) >= 11 is 5.23. The number of hydrogen-bond donors (Lipinski definition) is 2. The summed E-state index contributed by atoms with van der Waals surface area (Å²) in [5, 5.41) is 7.66. The van der Waals surface area contributed by atoms with Gasteiger partial charge in [-0.2, -0.15) is 5.10 Å². The number of thiocarbonyl (C=S) groups is 1. The summed E-state index contributed by atoms with van der Waals surface area (Å²) < 4.78 is 33.6. The highest BCUT2D eigenvalue weighted by Crippen LogP contribution is 2.32. The van der Waals surface area contributed by atoms with Gasteiger partial charge in [0.15, 0.2) is 26.4 Å². The van der Waals surface area contributed by atoms with Crippen LogP contribution in [-0.4, -0.2) is 32.3 Å². The first-order valence-electron chi connectivity index (χ1n) is 8.10. The average molecular weight is 406 g/mol.